The summed E-state index contributed by atoms with van der Waals surface area (Å²) in [5.41, 5.74) is 7.56. The number of guanidine groups is 1. The van der Waals surface area contributed by atoms with Crippen molar-refractivity contribution in [3.05, 3.63) is 108 Å². The van der Waals surface area contributed by atoms with Crippen LogP contribution in [-0.2, 0) is 16.9 Å². The third kappa shape index (κ3) is 3.44. The zero-order valence-electron chi connectivity index (χ0n) is 19.1. The Morgan fingerprint density at radius 1 is 0.794 bits per heavy atom. The zero-order chi connectivity index (χ0) is 23.7. The fraction of sp³-hybridized carbons (Fsp3) is 0.143. The van der Waals surface area contributed by atoms with E-state index in [1.54, 1.807) is 19.1 Å². The first-order valence-corrected chi connectivity index (χ1v) is 11.0. The molecular weight excluding hydrogens is 426 g/mol. The van der Waals surface area contributed by atoms with Gasteiger partial charge in [0.05, 0.1) is 20.8 Å². The number of rotatable bonds is 6. The number of nitrogens with zero attached hydrogens (tertiary/aromatic N) is 2. The highest BCUT2D eigenvalue weighted by Crippen LogP contribution is 2.41. The summed E-state index contributed by atoms with van der Waals surface area (Å²) < 4.78 is 10.6. The third-order valence-corrected chi connectivity index (χ3v) is 6.34. The maximum atomic E-state index is 14.2. The number of carbonyl (C=O) groups excluding carboxylic acids is 1. The van der Waals surface area contributed by atoms with Crippen molar-refractivity contribution in [1.29, 1.82) is 0 Å². The molecule has 170 valence electrons. The van der Waals surface area contributed by atoms with E-state index in [9.17, 15) is 4.79 Å². The van der Waals surface area contributed by atoms with Crippen molar-refractivity contribution in [2.24, 2.45) is 10.7 Å². The highest BCUT2D eigenvalue weighted by molar-refractivity contribution is 6.09. The molecule has 5 rings (SSSR count). The summed E-state index contributed by atoms with van der Waals surface area (Å²) in [5.74, 6) is 1.38. The fourth-order valence-electron chi connectivity index (χ4n) is 4.54. The van der Waals surface area contributed by atoms with Gasteiger partial charge in [0.15, 0.2) is 11.5 Å². The molecule has 2 N–H and O–H groups in total. The van der Waals surface area contributed by atoms with Crippen molar-refractivity contribution >= 4 is 22.6 Å². The molecule has 4 aromatic carbocycles. The highest BCUT2D eigenvalue weighted by atomic mass is 16.5. The molecule has 1 heterocycles. The van der Waals surface area contributed by atoms with Crippen molar-refractivity contribution < 1.29 is 14.3 Å². The summed E-state index contributed by atoms with van der Waals surface area (Å²) in [6.45, 7) is 0.323. The molecule has 0 saturated carbocycles. The number of fused-ring (bicyclic) bond motifs is 1. The summed E-state index contributed by atoms with van der Waals surface area (Å²) in [6, 6.07) is 28.9. The summed E-state index contributed by atoms with van der Waals surface area (Å²) in [4.78, 5) is 20.5. The predicted octanol–water partition coefficient (Wildman–Crippen LogP) is 4.46. The molecule has 6 nitrogen and oxygen atoms in total. The van der Waals surface area contributed by atoms with Gasteiger partial charge in [-0.1, -0.05) is 66.7 Å². The standard InChI is InChI=1S/C28H25N3O3/c1-33-23-14-10-21(11-15-23)28(22-12-16-24(34-2)17-13-22)26(32)31(27(29)30-28)18-20-8-5-7-19-6-3-4-9-25(19)20/h3-17H,18H2,1-2H3,(H2,29,30). The Labute approximate surface area is 198 Å². The van der Waals surface area contributed by atoms with Gasteiger partial charge in [0.2, 0.25) is 0 Å². The van der Waals surface area contributed by atoms with Crippen LogP contribution in [0.15, 0.2) is 96.0 Å². The molecule has 0 aromatic heterocycles. The lowest BCUT2D eigenvalue weighted by molar-refractivity contribution is -0.130. The summed E-state index contributed by atoms with van der Waals surface area (Å²) in [7, 11) is 3.22. The maximum absolute atomic E-state index is 14.2. The summed E-state index contributed by atoms with van der Waals surface area (Å²) >= 11 is 0. The molecule has 0 bridgehead atoms. The molecule has 34 heavy (non-hydrogen) atoms. The van der Waals surface area contributed by atoms with Crippen LogP contribution < -0.4 is 15.2 Å². The van der Waals surface area contributed by atoms with E-state index in [0.29, 0.717) is 29.2 Å². The highest BCUT2D eigenvalue weighted by Gasteiger charge is 2.50. The van der Waals surface area contributed by atoms with Crippen molar-refractivity contribution in [3.63, 3.8) is 0 Å². The lowest BCUT2D eigenvalue weighted by Gasteiger charge is -2.27. The van der Waals surface area contributed by atoms with Gasteiger partial charge in [0.25, 0.3) is 5.91 Å². The minimum atomic E-state index is -1.30. The van der Waals surface area contributed by atoms with Gasteiger partial charge in [0, 0.05) is 0 Å². The molecule has 1 amide bonds. The number of amides is 1. The Bertz CT molecular complexity index is 1330. The number of hydrogen-bond acceptors (Lipinski definition) is 5. The smallest absolute Gasteiger partial charge is 0.266 e. The number of hydrogen-bond donors (Lipinski definition) is 1. The van der Waals surface area contributed by atoms with Crippen LogP contribution in [0.3, 0.4) is 0 Å². The van der Waals surface area contributed by atoms with E-state index in [1.807, 2.05) is 72.8 Å². The second-order valence-electron chi connectivity index (χ2n) is 8.17. The molecule has 4 aromatic rings. The lowest BCUT2D eigenvalue weighted by Crippen LogP contribution is -2.43. The Morgan fingerprint density at radius 2 is 1.35 bits per heavy atom. The number of aliphatic imine (C=N–C) groups is 1. The van der Waals surface area contributed by atoms with E-state index in [2.05, 4.69) is 18.2 Å². The first-order valence-electron chi connectivity index (χ1n) is 11.0. The average molecular weight is 452 g/mol. The first-order chi connectivity index (χ1) is 16.6. The van der Waals surface area contributed by atoms with Gasteiger partial charge in [-0.2, -0.15) is 0 Å². The third-order valence-electron chi connectivity index (χ3n) is 6.34. The average Bonchev–Trinajstić information content (AvgIpc) is 3.14. The quantitative estimate of drug-likeness (QED) is 0.470. The summed E-state index contributed by atoms with van der Waals surface area (Å²) in [6.07, 6.45) is 0. The monoisotopic (exact) mass is 451 g/mol. The largest absolute Gasteiger partial charge is 0.497 e. The molecule has 0 aliphatic carbocycles. The molecule has 6 heteroatoms. The minimum Gasteiger partial charge on any atom is -0.497 e. The maximum Gasteiger partial charge on any atom is 0.266 e. The number of carbonyl (C=O) groups is 1. The van der Waals surface area contributed by atoms with Gasteiger partial charge in [-0.3, -0.25) is 9.69 Å². The number of nitrogens with two attached hydrogens (primary N) is 1. The number of methoxy groups -OCH3 is 2. The van der Waals surface area contributed by atoms with Crippen molar-refractivity contribution in [2.75, 3.05) is 14.2 Å². The van der Waals surface area contributed by atoms with Crippen molar-refractivity contribution in [2.45, 2.75) is 12.1 Å². The predicted molar refractivity (Wildman–Crippen MR) is 133 cm³/mol. The van der Waals surface area contributed by atoms with Crippen LogP contribution in [0.25, 0.3) is 10.8 Å². The van der Waals surface area contributed by atoms with Crippen molar-refractivity contribution in [1.82, 2.24) is 4.90 Å². The van der Waals surface area contributed by atoms with Crippen LogP contribution in [0.5, 0.6) is 11.5 Å². The normalized spacial score (nSPS) is 14.8. The Hall–Kier alpha value is -4.32. The molecular formula is C28H25N3O3. The number of benzene rings is 4. The zero-order valence-corrected chi connectivity index (χ0v) is 19.1. The molecule has 1 aliphatic heterocycles. The Balaban J connectivity index is 1.61. The minimum absolute atomic E-state index is 0.185. The van der Waals surface area contributed by atoms with Crippen LogP contribution in [0.1, 0.15) is 16.7 Å². The van der Waals surface area contributed by atoms with Gasteiger partial charge in [-0.15, -0.1) is 0 Å². The molecule has 0 unspecified atom stereocenters. The lowest BCUT2D eigenvalue weighted by atomic mass is 9.82. The molecule has 0 fully saturated rings. The van der Waals surface area contributed by atoms with E-state index in [0.717, 1.165) is 16.3 Å². The molecule has 0 atom stereocenters. The van der Waals surface area contributed by atoms with E-state index in [-0.39, 0.29) is 11.9 Å². The summed E-state index contributed by atoms with van der Waals surface area (Å²) in [5, 5.41) is 2.19. The number of ether oxygens (including phenoxy) is 2. The van der Waals surface area contributed by atoms with Gasteiger partial charge in [-0.25, -0.2) is 4.99 Å². The van der Waals surface area contributed by atoms with E-state index >= 15 is 0 Å². The SMILES string of the molecule is COc1ccc(C2(c3ccc(OC)cc3)N=C(N)N(Cc3cccc4ccccc34)C2=O)cc1. The van der Waals surface area contributed by atoms with Gasteiger partial charge in [0.1, 0.15) is 11.5 Å². The Morgan fingerprint density at radius 3 is 1.94 bits per heavy atom. The molecule has 1 aliphatic rings. The van der Waals surface area contributed by atoms with E-state index in [4.69, 9.17) is 20.2 Å². The van der Waals surface area contributed by atoms with Crippen molar-refractivity contribution in [3.8, 4) is 11.5 Å². The molecule has 0 radical (unpaired) electrons. The van der Waals surface area contributed by atoms with Crippen LogP contribution in [0.2, 0.25) is 0 Å². The second kappa shape index (κ2) is 8.56. The van der Waals surface area contributed by atoms with E-state index in [1.165, 1.54) is 0 Å². The second-order valence-corrected chi connectivity index (χ2v) is 8.17. The van der Waals surface area contributed by atoms with Gasteiger partial charge < -0.3 is 15.2 Å². The fourth-order valence-corrected chi connectivity index (χ4v) is 4.54. The Kier molecular flexibility index (Phi) is 5.42. The topological polar surface area (TPSA) is 77.2 Å². The van der Waals surface area contributed by atoms with Crippen LogP contribution >= 0.6 is 0 Å². The first kappa shape index (κ1) is 21.5. The van der Waals surface area contributed by atoms with E-state index < -0.39 is 5.54 Å². The van der Waals surface area contributed by atoms with Gasteiger partial charge in [-0.05, 0) is 51.7 Å². The molecule has 0 saturated heterocycles. The van der Waals surface area contributed by atoms with Gasteiger partial charge >= 0.3 is 0 Å². The van der Waals surface area contributed by atoms with Crippen LogP contribution in [-0.4, -0.2) is 31.0 Å². The molecule has 0 spiro atoms. The van der Waals surface area contributed by atoms with Crippen LogP contribution in [0.4, 0.5) is 0 Å². The van der Waals surface area contributed by atoms with Crippen LogP contribution in [0, 0.1) is 0 Å².